The van der Waals surface area contributed by atoms with Crippen molar-refractivity contribution in [2.75, 3.05) is 28.2 Å². The Labute approximate surface area is 79.4 Å². The number of hydrogen-bond acceptors (Lipinski definition) is 4. The molecule has 0 N–H and O–H groups in total. The molecule has 1 aliphatic heterocycles. The van der Waals surface area contributed by atoms with Crippen molar-refractivity contribution in [3.05, 3.63) is 12.3 Å². The molecule has 0 aromatic rings. The predicted octanol–water partition coefficient (Wildman–Crippen LogP) is -0.210. The zero-order chi connectivity index (χ0) is 10.0. The van der Waals surface area contributed by atoms with E-state index in [4.69, 9.17) is 0 Å². The van der Waals surface area contributed by atoms with E-state index in [0.717, 1.165) is 6.29 Å². The molecule has 0 fully saturated rings. The van der Waals surface area contributed by atoms with Crippen molar-refractivity contribution >= 4 is 6.29 Å². The lowest BCUT2D eigenvalue weighted by atomic mass is 10.2. The molecule has 0 aromatic carbocycles. The molecule has 4 nitrogen and oxygen atoms in total. The highest BCUT2D eigenvalue weighted by molar-refractivity contribution is 5.61. The fraction of sp³-hybridized carbons (Fsp3) is 0.667. The van der Waals surface area contributed by atoms with Gasteiger partial charge in [-0.1, -0.05) is 0 Å². The van der Waals surface area contributed by atoms with E-state index >= 15 is 0 Å². The van der Waals surface area contributed by atoms with Crippen molar-refractivity contribution in [1.29, 1.82) is 0 Å². The van der Waals surface area contributed by atoms with E-state index in [9.17, 15) is 4.79 Å². The minimum Gasteiger partial charge on any atom is -0.353 e. The molecule has 1 heterocycles. The summed E-state index contributed by atoms with van der Waals surface area (Å²) in [6, 6.07) is -0.108. The van der Waals surface area contributed by atoms with Crippen LogP contribution in [0.4, 0.5) is 0 Å². The zero-order valence-electron chi connectivity index (χ0n) is 8.64. The van der Waals surface area contributed by atoms with Gasteiger partial charge in [0.05, 0.1) is 6.04 Å². The third-order valence-corrected chi connectivity index (χ3v) is 2.32. The minimum atomic E-state index is -0.108. The molecule has 0 bridgehead atoms. The van der Waals surface area contributed by atoms with Gasteiger partial charge in [0, 0.05) is 7.05 Å². The van der Waals surface area contributed by atoms with Crippen LogP contribution in [0, 0.1) is 0 Å². The molecule has 0 spiro atoms. The molecule has 0 aromatic heterocycles. The van der Waals surface area contributed by atoms with Crippen LogP contribution >= 0.6 is 0 Å². The first kappa shape index (κ1) is 10.2. The van der Waals surface area contributed by atoms with Crippen molar-refractivity contribution in [2.24, 2.45) is 0 Å². The van der Waals surface area contributed by atoms with Crippen molar-refractivity contribution in [2.45, 2.75) is 12.3 Å². The lowest BCUT2D eigenvalue weighted by Crippen LogP contribution is -2.57. The van der Waals surface area contributed by atoms with Crippen LogP contribution in [0.1, 0.15) is 0 Å². The molecule has 0 saturated carbocycles. The Hall–Kier alpha value is -0.870. The molecule has 1 rings (SSSR count). The normalized spacial score (nSPS) is 29.8. The van der Waals surface area contributed by atoms with Gasteiger partial charge in [0.2, 0.25) is 0 Å². The second-order valence-corrected chi connectivity index (χ2v) is 3.61. The maximum atomic E-state index is 10.7. The molecule has 1 aliphatic rings. The summed E-state index contributed by atoms with van der Waals surface area (Å²) in [5.74, 6) is 0. The number of carbonyl (C=O) groups is 1. The maximum Gasteiger partial charge on any atom is 0.141 e. The lowest BCUT2D eigenvalue weighted by Gasteiger charge is -2.43. The van der Waals surface area contributed by atoms with E-state index in [-0.39, 0.29) is 12.3 Å². The first-order valence-electron chi connectivity index (χ1n) is 4.32. The van der Waals surface area contributed by atoms with E-state index in [1.807, 2.05) is 45.4 Å². The second-order valence-electron chi connectivity index (χ2n) is 3.61. The molecule has 4 heteroatoms. The summed E-state index contributed by atoms with van der Waals surface area (Å²) < 4.78 is 0. The first-order chi connectivity index (χ1) is 6.07. The van der Waals surface area contributed by atoms with Gasteiger partial charge in [0.15, 0.2) is 0 Å². The Kier molecular flexibility index (Phi) is 3.06. The number of hydrogen-bond donors (Lipinski definition) is 0. The highest BCUT2D eigenvalue weighted by Crippen LogP contribution is 2.14. The molecular weight excluding hydrogens is 166 g/mol. The number of aldehydes is 1. The molecule has 13 heavy (non-hydrogen) atoms. The van der Waals surface area contributed by atoms with Crippen LogP contribution in [0.25, 0.3) is 0 Å². The fourth-order valence-electron chi connectivity index (χ4n) is 1.75. The minimum absolute atomic E-state index is 0.108. The van der Waals surface area contributed by atoms with Crippen LogP contribution in [0.2, 0.25) is 0 Å². The van der Waals surface area contributed by atoms with Crippen molar-refractivity contribution in [1.82, 2.24) is 14.7 Å². The fourth-order valence-corrected chi connectivity index (χ4v) is 1.75. The monoisotopic (exact) mass is 183 g/mol. The SMILES string of the molecule is CN(C)C1N(C)C=CC(C=O)N1C. The topological polar surface area (TPSA) is 26.8 Å². The third kappa shape index (κ3) is 1.89. The summed E-state index contributed by atoms with van der Waals surface area (Å²) >= 11 is 0. The Morgan fingerprint density at radius 1 is 1.38 bits per heavy atom. The smallest absolute Gasteiger partial charge is 0.141 e. The quantitative estimate of drug-likeness (QED) is 0.553. The predicted molar refractivity (Wildman–Crippen MR) is 52.0 cm³/mol. The van der Waals surface area contributed by atoms with Gasteiger partial charge in [-0.15, -0.1) is 0 Å². The number of carbonyl (C=O) groups excluding carboxylic acids is 1. The van der Waals surface area contributed by atoms with Crippen LogP contribution < -0.4 is 0 Å². The largest absolute Gasteiger partial charge is 0.353 e. The van der Waals surface area contributed by atoms with E-state index in [1.165, 1.54) is 0 Å². The highest BCUT2D eigenvalue weighted by Gasteiger charge is 2.28. The third-order valence-electron chi connectivity index (χ3n) is 2.32. The van der Waals surface area contributed by atoms with Gasteiger partial charge in [0.25, 0.3) is 0 Å². The van der Waals surface area contributed by atoms with E-state index in [1.54, 1.807) is 0 Å². The Balaban J connectivity index is 2.84. The van der Waals surface area contributed by atoms with Crippen LogP contribution in [0.5, 0.6) is 0 Å². The van der Waals surface area contributed by atoms with Gasteiger partial charge in [-0.3, -0.25) is 9.80 Å². The molecule has 2 unspecified atom stereocenters. The van der Waals surface area contributed by atoms with Gasteiger partial charge in [-0.2, -0.15) is 0 Å². The van der Waals surface area contributed by atoms with Gasteiger partial charge in [0.1, 0.15) is 12.6 Å². The van der Waals surface area contributed by atoms with Crippen LogP contribution in [-0.2, 0) is 4.79 Å². The Morgan fingerprint density at radius 3 is 2.46 bits per heavy atom. The standard InChI is InChI=1S/C9H17N3O/c1-10(2)9-11(3)6-5-8(7-13)12(9)4/h5-9H,1-4H3. The van der Waals surface area contributed by atoms with Crippen molar-refractivity contribution in [3.8, 4) is 0 Å². The highest BCUT2D eigenvalue weighted by atomic mass is 16.1. The number of nitrogens with zero attached hydrogens (tertiary/aromatic N) is 3. The molecule has 74 valence electrons. The average molecular weight is 183 g/mol. The first-order valence-corrected chi connectivity index (χ1v) is 4.32. The van der Waals surface area contributed by atoms with Crippen molar-refractivity contribution < 1.29 is 4.79 Å². The Bertz CT molecular complexity index is 215. The van der Waals surface area contributed by atoms with Crippen molar-refractivity contribution in [3.63, 3.8) is 0 Å². The molecule has 0 aliphatic carbocycles. The maximum absolute atomic E-state index is 10.7. The molecule has 2 atom stereocenters. The molecular formula is C9H17N3O. The summed E-state index contributed by atoms with van der Waals surface area (Å²) in [4.78, 5) is 16.9. The zero-order valence-corrected chi connectivity index (χ0v) is 8.64. The summed E-state index contributed by atoms with van der Waals surface area (Å²) in [7, 11) is 7.94. The lowest BCUT2D eigenvalue weighted by molar-refractivity contribution is -0.115. The molecule has 0 amide bonds. The van der Waals surface area contributed by atoms with Crippen LogP contribution in [0.15, 0.2) is 12.3 Å². The summed E-state index contributed by atoms with van der Waals surface area (Å²) in [6.45, 7) is 0. The van der Waals surface area contributed by atoms with E-state index < -0.39 is 0 Å². The van der Waals surface area contributed by atoms with Crippen LogP contribution in [-0.4, -0.2) is 61.5 Å². The average Bonchev–Trinajstić information content (AvgIpc) is 2.04. The number of likely N-dealkylation sites (N-methyl/N-ethyl adjacent to an activating group) is 1. The van der Waals surface area contributed by atoms with E-state index in [2.05, 4.69) is 9.80 Å². The molecule has 0 saturated heterocycles. The molecule has 0 radical (unpaired) electrons. The number of rotatable bonds is 2. The van der Waals surface area contributed by atoms with Gasteiger partial charge in [-0.05, 0) is 33.4 Å². The van der Waals surface area contributed by atoms with Gasteiger partial charge < -0.3 is 9.69 Å². The summed E-state index contributed by atoms with van der Waals surface area (Å²) in [5, 5.41) is 0. The van der Waals surface area contributed by atoms with Gasteiger partial charge >= 0.3 is 0 Å². The van der Waals surface area contributed by atoms with E-state index in [0.29, 0.717) is 0 Å². The summed E-state index contributed by atoms with van der Waals surface area (Å²) in [6.07, 6.45) is 4.96. The van der Waals surface area contributed by atoms with Gasteiger partial charge in [-0.25, -0.2) is 0 Å². The Morgan fingerprint density at radius 2 is 2.00 bits per heavy atom. The second kappa shape index (κ2) is 3.89. The summed E-state index contributed by atoms with van der Waals surface area (Å²) in [5.41, 5.74) is 0. The van der Waals surface area contributed by atoms with Crippen LogP contribution in [0.3, 0.4) is 0 Å².